The highest BCUT2D eigenvalue weighted by Crippen LogP contribution is 2.30. The molecule has 7 nitrogen and oxygen atoms in total. The SMILES string of the molecule is Nc1ccc(CN(c2n[nH]c(=O)[nH]c2=O)C2CC2)cc1. The summed E-state index contributed by atoms with van der Waals surface area (Å²) in [4.78, 5) is 27.0. The van der Waals surface area contributed by atoms with Crippen LogP contribution in [0.15, 0.2) is 33.9 Å². The lowest BCUT2D eigenvalue weighted by Crippen LogP contribution is -2.35. The topological polar surface area (TPSA) is 108 Å². The Bertz CT molecular complexity index is 715. The number of nitrogens with two attached hydrogens (primary N) is 1. The largest absolute Gasteiger partial charge is 0.399 e. The standard InChI is InChI=1S/C13H15N5O2/c14-9-3-1-8(2-4-9)7-18(10-5-6-10)11-12(19)15-13(20)17-16-11/h1-4,10H,5-7,14H2,(H2,15,17,19,20). The van der Waals surface area contributed by atoms with Crippen LogP contribution < -0.4 is 21.9 Å². The number of aromatic amines is 2. The number of aromatic nitrogens is 3. The Kier molecular flexibility index (Phi) is 3.02. The highest BCUT2D eigenvalue weighted by atomic mass is 16.2. The molecule has 4 N–H and O–H groups in total. The van der Waals surface area contributed by atoms with Crippen LogP contribution in [0.2, 0.25) is 0 Å². The van der Waals surface area contributed by atoms with Crippen LogP contribution in [-0.2, 0) is 6.54 Å². The molecule has 1 heterocycles. The van der Waals surface area contributed by atoms with Crippen LogP contribution in [0.3, 0.4) is 0 Å². The highest BCUT2D eigenvalue weighted by molar-refractivity contribution is 5.43. The molecule has 0 spiro atoms. The molecule has 104 valence electrons. The maximum absolute atomic E-state index is 11.9. The Morgan fingerprint density at radius 3 is 2.55 bits per heavy atom. The number of nitrogen functional groups attached to an aromatic ring is 1. The summed E-state index contributed by atoms with van der Waals surface area (Å²) in [5.74, 6) is 0.254. The molecule has 1 saturated carbocycles. The van der Waals surface area contributed by atoms with Gasteiger partial charge in [-0.25, -0.2) is 9.89 Å². The first-order valence-corrected chi connectivity index (χ1v) is 6.43. The Labute approximate surface area is 114 Å². The number of hydrogen-bond donors (Lipinski definition) is 3. The van der Waals surface area contributed by atoms with Crippen molar-refractivity contribution < 1.29 is 0 Å². The lowest BCUT2D eigenvalue weighted by atomic mass is 10.2. The van der Waals surface area contributed by atoms with Crippen molar-refractivity contribution in [2.75, 3.05) is 10.6 Å². The molecular weight excluding hydrogens is 258 g/mol. The van der Waals surface area contributed by atoms with Crippen molar-refractivity contribution >= 4 is 11.5 Å². The van der Waals surface area contributed by atoms with Crippen molar-refractivity contribution in [1.82, 2.24) is 15.2 Å². The van der Waals surface area contributed by atoms with Gasteiger partial charge in [-0.05, 0) is 30.5 Å². The summed E-state index contributed by atoms with van der Waals surface area (Å²) in [5, 5.41) is 6.15. The van der Waals surface area contributed by atoms with Gasteiger partial charge >= 0.3 is 5.69 Å². The van der Waals surface area contributed by atoms with Crippen molar-refractivity contribution in [2.45, 2.75) is 25.4 Å². The van der Waals surface area contributed by atoms with Gasteiger partial charge in [-0.15, -0.1) is 5.10 Å². The molecule has 0 amide bonds. The van der Waals surface area contributed by atoms with Gasteiger partial charge in [0.05, 0.1) is 0 Å². The lowest BCUT2D eigenvalue weighted by molar-refractivity contribution is 0.740. The van der Waals surface area contributed by atoms with Gasteiger partial charge in [0.15, 0.2) is 0 Å². The van der Waals surface area contributed by atoms with E-state index < -0.39 is 11.2 Å². The van der Waals surface area contributed by atoms with E-state index in [2.05, 4.69) is 15.2 Å². The van der Waals surface area contributed by atoms with Crippen molar-refractivity contribution in [3.8, 4) is 0 Å². The number of hydrogen-bond acceptors (Lipinski definition) is 5. The second-order valence-electron chi connectivity index (χ2n) is 4.93. The number of rotatable bonds is 4. The molecule has 1 aliphatic carbocycles. The van der Waals surface area contributed by atoms with Crippen LogP contribution in [0.5, 0.6) is 0 Å². The third-order valence-corrected chi connectivity index (χ3v) is 3.29. The van der Waals surface area contributed by atoms with Crippen molar-refractivity contribution in [2.24, 2.45) is 0 Å². The Balaban J connectivity index is 1.91. The number of nitrogens with one attached hydrogen (secondary N) is 2. The third kappa shape index (κ3) is 2.56. The summed E-state index contributed by atoms with van der Waals surface area (Å²) in [6, 6.07) is 7.79. The van der Waals surface area contributed by atoms with Gasteiger partial charge < -0.3 is 10.6 Å². The second kappa shape index (κ2) is 4.84. The minimum atomic E-state index is -0.595. The lowest BCUT2D eigenvalue weighted by Gasteiger charge is -2.22. The van der Waals surface area contributed by atoms with E-state index in [9.17, 15) is 9.59 Å². The molecule has 0 saturated heterocycles. The summed E-state index contributed by atoms with van der Waals surface area (Å²) in [7, 11) is 0. The minimum Gasteiger partial charge on any atom is -0.399 e. The number of H-pyrrole nitrogens is 2. The van der Waals surface area contributed by atoms with Crippen LogP contribution in [0.4, 0.5) is 11.5 Å². The van der Waals surface area contributed by atoms with E-state index in [0.717, 1.165) is 18.4 Å². The van der Waals surface area contributed by atoms with E-state index in [4.69, 9.17) is 5.73 Å². The van der Waals surface area contributed by atoms with Gasteiger partial charge in [-0.1, -0.05) is 12.1 Å². The first kappa shape index (κ1) is 12.5. The van der Waals surface area contributed by atoms with Crippen molar-refractivity contribution in [3.05, 3.63) is 50.7 Å². The Morgan fingerprint density at radius 2 is 1.95 bits per heavy atom. The van der Waals surface area contributed by atoms with Gasteiger partial charge in [0, 0.05) is 18.3 Å². The smallest absolute Gasteiger partial charge is 0.342 e. The van der Waals surface area contributed by atoms with E-state index >= 15 is 0 Å². The van der Waals surface area contributed by atoms with Crippen LogP contribution >= 0.6 is 0 Å². The van der Waals surface area contributed by atoms with Crippen LogP contribution in [0.25, 0.3) is 0 Å². The molecular formula is C13H15N5O2. The van der Waals surface area contributed by atoms with Crippen molar-refractivity contribution in [3.63, 3.8) is 0 Å². The fourth-order valence-corrected chi connectivity index (χ4v) is 2.12. The van der Waals surface area contributed by atoms with E-state index in [1.807, 2.05) is 29.2 Å². The molecule has 1 aromatic heterocycles. The average Bonchev–Trinajstić information content (AvgIpc) is 3.23. The average molecular weight is 273 g/mol. The molecule has 3 rings (SSSR count). The van der Waals surface area contributed by atoms with E-state index in [1.54, 1.807) is 0 Å². The van der Waals surface area contributed by atoms with Crippen molar-refractivity contribution in [1.29, 1.82) is 0 Å². The predicted octanol–water partition coefficient (Wildman–Crippen LogP) is 0.209. The number of anilines is 2. The minimum absolute atomic E-state index is 0.254. The normalized spacial score (nSPS) is 14.2. The Morgan fingerprint density at radius 1 is 1.25 bits per heavy atom. The molecule has 0 unspecified atom stereocenters. The summed E-state index contributed by atoms with van der Waals surface area (Å²) >= 11 is 0. The van der Waals surface area contributed by atoms with Gasteiger partial charge in [0.1, 0.15) is 0 Å². The van der Waals surface area contributed by atoms with E-state index in [1.165, 1.54) is 0 Å². The van der Waals surface area contributed by atoms with E-state index in [0.29, 0.717) is 18.3 Å². The van der Waals surface area contributed by atoms with Crippen LogP contribution in [0, 0.1) is 0 Å². The quantitative estimate of drug-likeness (QED) is 0.690. The number of nitrogens with zero attached hydrogens (tertiary/aromatic N) is 2. The molecule has 7 heteroatoms. The van der Waals surface area contributed by atoms with Gasteiger partial charge in [0.25, 0.3) is 5.56 Å². The first-order chi connectivity index (χ1) is 9.63. The summed E-state index contributed by atoms with van der Waals surface area (Å²) in [5.41, 5.74) is 6.34. The highest BCUT2D eigenvalue weighted by Gasteiger charge is 2.31. The number of benzene rings is 1. The van der Waals surface area contributed by atoms with Crippen LogP contribution in [0.1, 0.15) is 18.4 Å². The fourth-order valence-electron chi connectivity index (χ4n) is 2.12. The zero-order chi connectivity index (χ0) is 14.1. The maximum Gasteiger partial charge on any atom is 0.342 e. The summed E-state index contributed by atoms with van der Waals surface area (Å²) in [6.45, 7) is 0.563. The molecule has 1 aliphatic rings. The maximum atomic E-state index is 11.9. The molecule has 1 aromatic carbocycles. The molecule has 0 aliphatic heterocycles. The summed E-state index contributed by atoms with van der Waals surface area (Å²) in [6.07, 6.45) is 2.05. The monoisotopic (exact) mass is 273 g/mol. The summed E-state index contributed by atoms with van der Waals surface area (Å²) < 4.78 is 0. The molecule has 20 heavy (non-hydrogen) atoms. The predicted molar refractivity (Wildman–Crippen MR) is 75.5 cm³/mol. The van der Waals surface area contributed by atoms with Gasteiger partial charge in [-0.3, -0.25) is 9.78 Å². The zero-order valence-corrected chi connectivity index (χ0v) is 10.8. The molecule has 0 bridgehead atoms. The second-order valence-corrected chi connectivity index (χ2v) is 4.93. The first-order valence-electron chi connectivity index (χ1n) is 6.43. The Hall–Kier alpha value is -2.57. The molecule has 2 aromatic rings. The molecule has 0 radical (unpaired) electrons. The van der Waals surface area contributed by atoms with Gasteiger partial charge in [-0.2, -0.15) is 0 Å². The molecule has 1 fully saturated rings. The van der Waals surface area contributed by atoms with E-state index in [-0.39, 0.29) is 5.82 Å². The molecule has 0 atom stereocenters. The zero-order valence-electron chi connectivity index (χ0n) is 10.8. The van der Waals surface area contributed by atoms with Gasteiger partial charge in [0.2, 0.25) is 5.82 Å². The third-order valence-electron chi connectivity index (χ3n) is 3.29. The van der Waals surface area contributed by atoms with Crippen LogP contribution in [-0.4, -0.2) is 21.2 Å². The fraction of sp³-hybridized carbons (Fsp3) is 0.308.